The highest BCUT2D eigenvalue weighted by Gasteiger charge is 2.12. The van der Waals surface area contributed by atoms with E-state index in [1.165, 1.54) is 0 Å². The zero-order chi connectivity index (χ0) is 20.6. The summed E-state index contributed by atoms with van der Waals surface area (Å²) in [5, 5.41) is 3.41. The summed E-state index contributed by atoms with van der Waals surface area (Å²) in [5.41, 5.74) is 3.20. The van der Waals surface area contributed by atoms with E-state index in [0.717, 1.165) is 31.5 Å². The molecule has 4 nitrogen and oxygen atoms in total. The summed E-state index contributed by atoms with van der Waals surface area (Å²) in [5.74, 6) is 2.26. The third kappa shape index (κ3) is 6.15. The van der Waals surface area contributed by atoms with E-state index in [-0.39, 0.29) is 0 Å². The second-order valence-electron chi connectivity index (χ2n) is 6.34. The predicted molar refractivity (Wildman–Crippen MR) is 124 cm³/mol. The fourth-order valence-corrected chi connectivity index (χ4v) is 3.66. The Bertz CT molecular complexity index is 928. The van der Waals surface area contributed by atoms with Gasteiger partial charge in [0.05, 0.1) is 18.2 Å². The zero-order valence-electron chi connectivity index (χ0n) is 16.4. The normalized spacial score (nSPS) is 10.5. The van der Waals surface area contributed by atoms with Crippen LogP contribution in [0.1, 0.15) is 18.1 Å². The average Bonchev–Trinajstić information content (AvgIpc) is 2.73. The van der Waals surface area contributed by atoms with Crippen LogP contribution < -0.4 is 19.5 Å². The number of anilines is 1. The lowest BCUT2D eigenvalue weighted by molar-refractivity contribution is 0.282. The Morgan fingerprint density at radius 2 is 1.59 bits per heavy atom. The summed E-state index contributed by atoms with van der Waals surface area (Å²) < 4.78 is 19.0. The predicted octanol–water partition coefficient (Wildman–Crippen LogP) is 6.81. The van der Waals surface area contributed by atoms with E-state index in [2.05, 4.69) is 37.2 Å². The Labute approximate surface area is 188 Å². The SMILES string of the molecule is CCOc1ccc(NCc2cc(Br)c(OCc3ccc(Br)cc3)c(OC)c2)cc1. The van der Waals surface area contributed by atoms with Gasteiger partial charge in [-0.15, -0.1) is 0 Å². The first-order valence-corrected chi connectivity index (χ1v) is 10.9. The van der Waals surface area contributed by atoms with Crippen LogP contribution >= 0.6 is 31.9 Å². The molecule has 0 amide bonds. The lowest BCUT2D eigenvalue weighted by atomic mass is 10.2. The van der Waals surface area contributed by atoms with Crippen LogP contribution in [0.4, 0.5) is 5.69 Å². The summed E-state index contributed by atoms with van der Waals surface area (Å²) in [7, 11) is 1.65. The third-order valence-electron chi connectivity index (χ3n) is 4.25. The zero-order valence-corrected chi connectivity index (χ0v) is 19.5. The molecule has 0 aromatic heterocycles. The van der Waals surface area contributed by atoms with Crippen molar-refractivity contribution in [1.82, 2.24) is 0 Å². The maximum absolute atomic E-state index is 6.02. The van der Waals surface area contributed by atoms with Gasteiger partial charge in [-0.2, -0.15) is 0 Å². The number of methoxy groups -OCH3 is 1. The van der Waals surface area contributed by atoms with Gasteiger partial charge in [0.1, 0.15) is 12.4 Å². The molecule has 0 bridgehead atoms. The molecule has 3 aromatic rings. The molecule has 1 N–H and O–H groups in total. The van der Waals surface area contributed by atoms with E-state index in [1.807, 2.05) is 67.6 Å². The monoisotopic (exact) mass is 519 g/mol. The summed E-state index contributed by atoms with van der Waals surface area (Å²) in [6, 6.07) is 20.0. The molecule has 0 saturated carbocycles. The van der Waals surface area contributed by atoms with E-state index >= 15 is 0 Å². The van der Waals surface area contributed by atoms with Gasteiger partial charge in [0, 0.05) is 16.7 Å². The first-order valence-electron chi connectivity index (χ1n) is 9.29. The quantitative estimate of drug-likeness (QED) is 0.336. The summed E-state index contributed by atoms with van der Waals surface area (Å²) >= 11 is 7.07. The minimum Gasteiger partial charge on any atom is -0.494 e. The second-order valence-corrected chi connectivity index (χ2v) is 8.11. The van der Waals surface area contributed by atoms with Crippen LogP contribution in [0.5, 0.6) is 17.2 Å². The molecule has 0 aliphatic rings. The smallest absolute Gasteiger partial charge is 0.175 e. The number of rotatable bonds is 9. The first kappa shape index (κ1) is 21.5. The van der Waals surface area contributed by atoms with Gasteiger partial charge in [0.25, 0.3) is 0 Å². The number of ether oxygens (including phenoxy) is 3. The molecule has 29 heavy (non-hydrogen) atoms. The number of hydrogen-bond acceptors (Lipinski definition) is 4. The minimum atomic E-state index is 0.464. The first-order chi connectivity index (χ1) is 14.1. The van der Waals surface area contributed by atoms with Crippen LogP contribution in [0.3, 0.4) is 0 Å². The molecule has 0 spiro atoms. The van der Waals surface area contributed by atoms with E-state index < -0.39 is 0 Å². The van der Waals surface area contributed by atoms with E-state index in [4.69, 9.17) is 14.2 Å². The molecule has 0 unspecified atom stereocenters. The van der Waals surface area contributed by atoms with Gasteiger partial charge < -0.3 is 19.5 Å². The molecule has 3 aromatic carbocycles. The van der Waals surface area contributed by atoms with Crippen molar-refractivity contribution in [2.45, 2.75) is 20.1 Å². The van der Waals surface area contributed by atoms with Gasteiger partial charge in [0.15, 0.2) is 11.5 Å². The molecule has 0 aliphatic carbocycles. The van der Waals surface area contributed by atoms with Gasteiger partial charge in [-0.25, -0.2) is 0 Å². The van der Waals surface area contributed by atoms with Gasteiger partial charge >= 0.3 is 0 Å². The van der Waals surface area contributed by atoms with Crippen molar-refractivity contribution in [2.24, 2.45) is 0 Å². The Kier molecular flexibility index (Phi) is 7.83. The lowest BCUT2D eigenvalue weighted by Gasteiger charge is -2.15. The van der Waals surface area contributed by atoms with Crippen LogP contribution in [0, 0.1) is 0 Å². The fourth-order valence-electron chi connectivity index (χ4n) is 2.79. The number of nitrogens with one attached hydrogen (secondary N) is 1. The van der Waals surface area contributed by atoms with E-state index in [9.17, 15) is 0 Å². The Morgan fingerprint density at radius 1 is 0.862 bits per heavy atom. The molecule has 0 radical (unpaired) electrons. The Morgan fingerprint density at radius 3 is 2.24 bits per heavy atom. The molecule has 0 saturated heterocycles. The van der Waals surface area contributed by atoms with Crippen LogP contribution in [0.15, 0.2) is 69.6 Å². The van der Waals surface area contributed by atoms with Crippen LogP contribution in [-0.4, -0.2) is 13.7 Å². The molecule has 6 heteroatoms. The standard InChI is InChI=1S/C23H23Br2NO3/c1-3-28-20-10-8-19(9-11-20)26-14-17-12-21(25)23(22(13-17)27-2)29-15-16-4-6-18(24)7-5-16/h4-13,26H,3,14-15H2,1-2H3. The van der Waals surface area contributed by atoms with Crippen molar-refractivity contribution in [3.8, 4) is 17.2 Å². The van der Waals surface area contributed by atoms with Crippen LogP contribution in [-0.2, 0) is 13.2 Å². The van der Waals surface area contributed by atoms with Gasteiger partial charge in [-0.3, -0.25) is 0 Å². The summed E-state index contributed by atoms with van der Waals surface area (Å²) in [6.07, 6.45) is 0. The van der Waals surface area contributed by atoms with Gasteiger partial charge in [-0.05, 0) is 82.5 Å². The van der Waals surface area contributed by atoms with Crippen molar-refractivity contribution >= 4 is 37.5 Å². The van der Waals surface area contributed by atoms with Crippen LogP contribution in [0.25, 0.3) is 0 Å². The molecule has 0 heterocycles. The number of halogens is 2. The summed E-state index contributed by atoms with van der Waals surface area (Å²) in [6.45, 7) is 3.77. The van der Waals surface area contributed by atoms with Crippen molar-refractivity contribution in [3.63, 3.8) is 0 Å². The Balaban J connectivity index is 1.66. The molecular weight excluding hydrogens is 498 g/mol. The minimum absolute atomic E-state index is 0.464. The maximum Gasteiger partial charge on any atom is 0.175 e. The second kappa shape index (κ2) is 10.6. The van der Waals surface area contributed by atoms with Crippen molar-refractivity contribution < 1.29 is 14.2 Å². The third-order valence-corrected chi connectivity index (χ3v) is 5.37. The highest BCUT2D eigenvalue weighted by molar-refractivity contribution is 9.10. The van der Waals surface area contributed by atoms with E-state index in [0.29, 0.717) is 31.3 Å². The van der Waals surface area contributed by atoms with Crippen molar-refractivity contribution in [3.05, 3.63) is 80.7 Å². The largest absolute Gasteiger partial charge is 0.494 e. The lowest BCUT2D eigenvalue weighted by Crippen LogP contribution is -2.03. The molecule has 152 valence electrons. The molecule has 0 atom stereocenters. The number of benzene rings is 3. The summed E-state index contributed by atoms with van der Waals surface area (Å²) in [4.78, 5) is 0. The maximum atomic E-state index is 6.02. The van der Waals surface area contributed by atoms with Crippen LogP contribution in [0.2, 0.25) is 0 Å². The average molecular weight is 521 g/mol. The van der Waals surface area contributed by atoms with Crippen molar-refractivity contribution in [1.29, 1.82) is 0 Å². The Hall–Kier alpha value is -2.18. The molecule has 3 rings (SSSR count). The highest BCUT2D eigenvalue weighted by Crippen LogP contribution is 2.37. The molecule has 0 aliphatic heterocycles. The molecule has 0 fully saturated rings. The highest BCUT2D eigenvalue weighted by atomic mass is 79.9. The van der Waals surface area contributed by atoms with Crippen molar-refractivity contribution in [2.75, 3.05) is 19.0 Å². The fraction of sp³-hybridized carbons (Fsp3) is 0.217. The van der Waals surface area contributed by atoms with E-state index in [1.54, 1.807) is 7.11 Å². The van der Waals surface area contributed by atoms with Gasteiger partial charge in [0.2, 0.25) is 0 Å². The molecular formula is C23H23Br2NO3. The topological polar surface area (TPSA) is 39.7 Å². The van der Waals surface area contributed by atoms with Gasteiger partial charge in [-0.1, -0.05) is 28.1 Å². The number of hydrogen-bond donors (Lipinski definition) is 1.